The molecule has 0 aliphatic carbocycles. The van der Waals surface area contributed by atoms with E-state index in [4.69, 9.17) is 4.98 Å². The number of nitrogens with zero attached hydrogens (tertiary/aromatic N) is 2. The molecule has 3 nitrogen and oxygen atoms in total. The van der Waals surface area contributed by atoms with Crippen LogP contribution in [0.5, 0.6) is 0 Å². The summed E-state index contributed by atoms with van der Waals surface area (Å²) in [5.74, 6) is 1.07. The van der Waals surface area contributed by atoms with Crippen LogP contribution in [-0.4, -0.2) is 9.55 Å². The van der Waals surface area contributed by atoms with E-state index < -0.39 is 0 Å². The van der Waals surface area contributed by atoms with Crippen molar-refractivity contribution < 1.29 is 0 Å². The highest BCUT2D eigenvalue weighted by Crippen LogP contribution is 2.23. The topological polar surface area (TPSA) is 29.9 Å². The van der Waals surface area contributed by atoms with Gasteiger partial charge in [0.25, 0.3) is 0 Å². The van der Waals surface area contributed by atoms with E-state index in [1.54, 1.807) is 11.3 Å². The standard InChI is InChI=1S/C15H16BrN3S/c1-10(17-9-11-7-8-14(16)20-11)15-18-12-5-3-4-6-13(12)19(15)2/h3-8,10,17H,9H2,1-2H3. The quantitative estimate of drug-likeness (QED) is 0.762. The number of aromatic nitrogens is 2. The van der Waals surface area contributed by atoms with Gasteiger partial charge in [0, 0.05) is 18.5 Å². The third-order valence-corrected chi connectivity index (χ3v) is 5.04. The summed E-state index contributed by atoms with van der Waals surface area (Å²) in [4.78, 5) is 6.05. The van der Waals surface area contributed by atoms with Gasteiger partial charge in [-0.25, -0.2) is 4.98 Å². The van der Waals surface area contributed by atoms with E-state index in [2.05, 4.69) is 70.1 Å². The summed E-state index contributed by atoms with van der Waals surface area (Å²) in [6.07, 6.45) is 0. The van der Waals surface area contributed by atoms with Crippen molar-refractivity contribution in [1.29, 1.82) is 0 Å². The van der Waals surface area contributed by atoms with Gasteiger partial charge in [-0.15, -0.1) is 11.3 Å². The van der Waals surface area contributed by atoms with Crippen LogP contribution in [0.1, 0.15) is 23.7 Å². The number of halogens is 1. The highest BCUT2D eigenvalue weighted by atomic mass is 79.9. The number of rotatable bonds is 4. The van der Waals surface area contributed by atoms with Crippen LogP contribution in [0.4, 0.5) is 0 Å². The van der Waals surface area contributed by atoms with Crippen LogP contribution in [0.15, 0.2) is 40.2 Å². The highest BCUT2D eigenvalue weighted by Gasteiger charge is 2.13. The first kappa shape index (κ1) is 13.8. The third kappa shape index (κ3) is 2.66. The number of aryl methyl sites for hydroxylation is 1. The second kappa shape index (κ2) is 5.68. The molecule has 1 N–H and O–H groups in total. The van der Waals surface area contributed by atoms with E-state index >= 15 is 0 Å². The van der Waals surface area contributed by atoms with Crippen LogP contribution in [-0.2, 0) is 13.6 Å². The Kier molecular flexibility index (Phi) is 3.92. The minimum Gasteiger partial charge on any atom is -0.330 e. The number of para-hydroxylation sites is 2. The zero-order chi connectivity index (χ0) is 14.1. The van der Waals surface area contributed by atoms with Crippen LogP contribution in [0.2, 0.25) is 0 Å². The summed E-state index contributed by atoms with van der Waals surface area (Å²) in [6, 6.07) is 12.7. The van der Waals surface area contributed by atoms with Crippen molar-refractivity contribution in [3.05, 3.63) is 50.9 Å². The summed E-state index contributed by atoms with van der Waals surface area (Å²) in [7, 11) is 2.07. The highest BCUT2D eigenvalue weighted by molar-refractivity contribution is 9.11. The number of thiophene rings is 1. The first-order chi connectivity index (χ1) is 9.65. The smallest absolute Gasteiger partial charge is 0.126 e. The molecule has 0 saturated carbocycles. The van der Waals surface area contributed by atoms with Gasteiger partial charge in [-0.3, -0.25) is 0 Å². The second-order valence-corrected chi connectivity index (χ2v) is 7.37. The second-order valence-electron chi connectivity index (χ2n) is 4.83. The molecule has 0 aliphatic rings. The molecule has 0 saturated heterocycles. The SMILES string of the molecule is CC(NCc1ccc(Br)s1)c1nc2ccccc2n1C. The average molecular weight is 350 g/mol. The van der Waals surface area contributed by atoms with Crippen LogP contribution in [0.3, 0.4) is 0 Å². The molecule has 0 bridgehead atoms. The summed E-state index contributed by atoms with van der Waals surface area (Å²) in [5.41, 5.74) is 2.23. The molecule has 2 heterocycles. The van der Waals surface area contributed by atoms with Crippen LogP contribution >= 0.6 is 27.3 Å². The largest absolute Gasteiger partial charge is 0.330 e. The van der Waals surface area contributed by atoms with Crippen molar-refractivity contribution in [3.8, 4) is 0 Å². The van der Waals surface area contributed by atoms with Crippen molar-refractivity contribution in [2.24, 2.45) is 7.05 Å². The monoisotopic (exact) mass is 349 g/mol. The molecule has 0 fully saturated rings. The molecule has 1 atom stereocenters. The Hall–Kier alpha value is -1.17. The first-order valence-corrected chi connectivity index (χ1v) is 8.15. The fraction of sp³-hybridized carbons (Fsp3) is 0.267. The van der Waals surface area contributed by atoms with Crippen molar-refractivity contribution >= 4 is 38.3 Å². The van der Waals surface area contributed by atoms with E-state index in [0.29, 0.717) is 0 Å². The van der Waals surface area contributed by atoms with Gasteiger partial charge < -0.3 is 9.88 Å². The fourth-order valence-corrected chi connectivity index (χ4v) is 3.78. The maximum Gasteiger partial charge on any atom is 0.126 e. The van der Waals surface area contributed by atoms with Crippen molar-refractivity contribution in [2.75, 3.05) is 0 Å². The fourth-order valence-electron chi connectivity index (χ4n) is 2.34. The Balaban J connectivity index is 1.78. The number of nitrogens with one attached hydrogen (secondary N) is 1. The van der Waals surface area contributed by atoms with Gasteiger partial charge in [0.05, 0.1) is 20.9 Å². The van der Waals surface area contributed by atoms with Crippen LogP contribution in [0, 0.1) is 0 Å². The zero-order valence-electron chi connectivity index (χ0n) is 11.4. The predicted octanol–water partition coefficient (Wildman–Crippen LogP) is 4.25. The molecule has 0 amide bonds. The summed E-state index contributed by atoms with van der Waals surface area (Å²) >= 11 is 5.25. The van der Waals surface area contributed by atoms with Crippen molar-refractivity contribution in [2.45, 2.75) is 19.5 Å². The number of fused-ring (bicyclic) bond motifs is 1. The van der Waals surface area contributed by atoms with Gasteiger partial charge in [-0.05, 0) is 47.1 Å². The predicted molar refractivity (Wildman–Crippen MR) is 88.0 cm³/mol. The molecule has 1 unspecified atom stereocenters. The lowest BCUT2D eigenvalue weighted by atomic mass is 10.3. The zero-order valence-corrected chi connectivity index (χ0v) is 13.8. The number of benzene rings is 1. The lowest BCUT2D eigenvalue weighted by molar-refractivity contribution is 0.536. The lowest BCUT2D eigenvalue weighted by Gasteiger charge is -2.13. The van der Waals surface area contributed by atoms with Gasteiger partial charge in [0.2, 0.25) is 0 Å². The van der Waals surface area contributed by atoms with Crippen molar-refractivity contribution in [1.82, 2.24) is 14.9 Å². The van der Waals surface area contributed by atoms with Crippen LogP contribution in [0.25, 0.3) is 11.0 Å². The van der Waals surface area contributed by atoms with Gasteiger partial charge in [0.15, 0.2) is 0 Å². The van der Waals surface area contributed by atoms with E-state index in [1.165, 1.54) is 14.2 Å². The maximum absolute atomic E-state index is 4.72. The molecule has 1 aromatic carbocycles. The van der Waals surface area contributed by atoms with E-state index in [9.17, 15) is 0 Å². The molecule has 5 heteroatoms. The lowest BCUT2D eigenvalue weighted by Crippen LogP contribution is -2.20. The minimum atomic E-state index is 0.216. The Morgan fingerprint density at radius 1 is 1.30 bits per heavy atom. The van der Waals surface area contributed by atoms with Gasteiger partial charge in [-0.1, -0.05) is 12.1 Å². The Morgan fingerprint density at radius 3 is 2.80 bits per heavy atom. The maximum atomic E-state index is 4.72. The molecule has 104 valence electrons. The Morgan fingerprint density at radius 2 is 2.10 bits per heavy atom. The van der Waals surface area contributed by atoms with Crippen LogP contribution < -0.4 is 5.32 Å². The molecule has 0 spiro atoms. The summed E-state index contributed by atoms with van der Waals surface area (Å²) in [6.45, 7) is 3.02. The van der Waals surface area contributed by atoms with E-state index in [0.717, 1.165) is 17.9 Å². The molecule has 2 aromatic heterocycles. The van der Waals surface area contributed by atoms with Crippen molar-refractivity contribution in [3.63, 3.8) is 0 Å². The number of hydrogen-bond acceptors (Lipinski definition) is 3. The summed E-state index contributed by atoms with van der Waals surface area (Å²) in [5, 5.41) is 3.54. The Bertz CT molecular complexity index is 732. The van der Waals surface area contributed by atoms with E-state index in [-0.39, 0.29) is 6.04 Å². The number of hydrogen-bond donors (Lipinski definition) is 1. The normalized spacial score (nSPS) is 12.9. The number of imidazole rings is 1. The molecule has 0 aliphatic heterocycles. The first-order valence-electron chi connectivity index (χ1n) is 6.54. The van der Waals surface area contributed by atoms with E-state index in [1.807, 2.05) is 6.07 Å². The average Bonchev–Trinajstić information content (AvgIpc) is 3.01. The molecule has 3 aromatic rings. The molecule has 0 radical (unpaired) electrons. The van der Waals surface area contributed by atoms with Gasteiger partial charge >= 0.3 is 0 Å². The molecular weight excluding hydrogens is 334 g/mol. The molecular formula is C15H16BrN3S. The third-order valence-electron chi connectivity index (χ3n) is 3.42. The Labute approximate surface area is 130 Å². The van der Waals surface area contributed by atoms with Gasteiger partial charge in [0.1, 0.15) is 5.82 Å². The minimum absolute atomic E-state index is 0.216. The summed E-state index contributed by atoms with van der Waals surface area (Å²) < 4.78 is 3.34. The molecule has 20 heavy (non-hydrogen) atoms. The molecule has 3 rings (SSSR count). The van der Waals surface area contributed by atoms with Gasteiger partial charge in [-0.2, -0.15) is 0 Å².